The van der Waals surface area contributed by atoms with Gasteiger partial charge in [-0.05, 0) is 24.1 Å². The van der Waals surface area contributed by atoms with E-state index in [1.165, 1.54) is 5.56 Å². The molecule has 0 saturated heterocycles. The summed E-state index contributed by atoms with van der Waals surface area (Å²) in [5.74, 6) is 0.939. The van der Waals surface area contributed by atoms with Crippen LogP contribution >= 0.6 is 11.8 Å². The van der Waals surface area contributed by atoms with Crippen LogP contribution in [0.2, 0.25) is 0 Å². The molecule has 18 heavy (non-hydrogen) atoms. The van der Waals surface area contributed by atoms with E-state index >= 15 is 0 Å². The van der Waals surface area contributed by atoms with Crippen LogP contribution in [0.4, 0.5) is 4.79 Å². The number of urea groups is 1. The monoisotopic (exact) mass is 261 g/mol. The smallest absolute Gasteiger partial charge is 0.314 e. The SMILES string of the molecule is Cc1ccccc1/C=C/NC(=O)NC1=NCCS1. The number of thioether (sulfide) groups is 1. The van der Waals surface area contributed by atoms with Gasteiger partial charge in [0.25, 0.3) is 0 Å². The molecule has 5 heteroatoms. The Morgan fingerprint density at radius 3 is 3.00 bits per heavy atom. The summed E-state index contributed by atoms with van der Waals surface area (Å²) in [6, 6.07) is 7.73. The van der Waals surface area contributed by atoms with Crippen LogP contribution in [0.5, 0.6) is 0 Å². The van der Waals surface area contributed by atoms with Crippen LogP contribution in [0.1, 0.15) is 11.1 Å². The lowest BCUT2D eigenvalue weighted by Gasteiger charge is -2.03. The summed E-state index contributed by atoms with van der Waals surface area (Å²) < 4.78 is 0. The molecule has 94 valence electrons. The van der Waals surface area contributed by atoms with Crippen LogP contribution in [-0.2, 0) is 0 Å². The number of nitrogens with zero attached hydrogens (tertiary/aromatic N) is 1. The zero-order valence-electron chi connectivity index (χ0n) is 10.1. The Balaban J connectivity index is 1.84. The maximum Gasteiger partial charge on any atom is 0.324 e. The quantitative estimate of drug-likeness (QED) is 0.858. The zero-order chi connectivity index (χ0) is 12.8. The van der Waals surface area contributed by atoms with Gasteiger partial charge < -0.3 is 5.32 Å². The fourth-order valence-electron chi connectivity index (χ4n) is 1.52. The average molecular weight is 261 g/mol. The van der Waals surface area contributed by atoms with Crippen LogP contribution in [0.3, 0.4) is 0 Å². The second-order valence-electron chi connectivity index (χ2n) is 3.82. The third-order valence-corrected chi connectivity index (χ3v) is 3.36. The lowest BCUT2D eigenvalue weighted by molar-refractivity contribution is 0.248. The van der Waals surface area contributed by atoms with E-state index in [1.807, 2.05) is 37.3 Å². The number of nitrogens with one attached hydrogen (secondary N) is 2. The number of hydrogen-bond donors (Lipinski definition) is 2. The van der Waals surface area contributed by atoms with Crippen molar-refractivity contribution >= 4 is 29.0 Å². The molecule has 2 N–H and O–H groups in total. The number of aryl methyl sites for hydroxylation is 1. The molecular formula is C13H15N3OS. The van der Waals surface area contributed by atoms with Crippen LogP contribution in [0, 0.1) is 6.92 Å². The van der Waals surface area contributed by atoms with Gasteiger partial charge in [-0.25, -0.2) is 4.79 Å². The first kappa shape index (κ1) is 12.7. The van der Waals surface area contributed by atoms with Crippen LogP contribution in [-0.4, -0.2) is 23.5 Å². The maximum atomic E-state index is 11.5. The van der Waals surface area contributed by atoms with Gasteiger partial charge in [-0.2, -0.15) is 0 Å². The van der Waals surface area contributed by atoms with Gasteiger partial charge in [0.2, 0.25) is 0 Å². The molecule has 0 fully saturated rings. The molecule has 0 aliphatic carbocycles. The number of benzene rings is 1. The topological polar surface area (TPSA) is 53.5 Å². The minimum absolute atomic E-state index is 0.256. The van der Waals surface area contributed by atoms with Crippen LogP contribution in [0.15, 0.2) is 35.5 Å². The Labute approximate surface area is 111 Å². The molecular weight excluding hydrogens is 246 g/mol. The maximum absolute atomic E-state index is 11.5. The van der Waals surface area contributed by atoms with Gasteiger partial charge in [0.1, 0.15) is 0 Å². The first-order chi connectivity index (χ1) is 8.75. The van der Waals surface area contributed by atoms with Crippen molar-refractivity contribution in [3.8, 4) is 0 Å². The van der Waals surface area contributed by atoms with E-state index in [0.717, 1.165) is 17.9 Å². The van der Waals surface area contributed by atoms with Crippen molar-refractivity contribution < 1.29 is 4.79 Å². The average Bonchev–Trinajstić information content (AvgIpc) is 2.84. The highest BCUT2D eigenvalue weighted by Gasteiger charge is 2.09. The van der Waals surface area contributed by atoms with E-state index in [2.05, 4.69) is 15.6 Å². The first-order valence-electron chi connectivity index (χ1n) is 5.72. The summed E-state index contributed by atoms with van der Waals surface area (Å²) in [7, 11) is 0. The highest BCUT2D eigenvalue weighted by Crippen LogP contribution is 2.09. The van der Waals surface area contributed by atoms with Crippen LogP contribution in [0.25, 0.3) is 6.08 Å². The number of aliphatic imine (C=N–C) groups is 1. The Hall–Kier alpha value is -1.75. The third kappa shape index (κ3) is 3.63. The van der Waals surface area contributed by atoms with Gasteiger partial charge in [-0.1, -0.05) is 36.0 Å². The summed E-state index contributed by atoms with van der Waals surface area (Å²) in [4.78, 5) is 15.6. The molecule has 2 rings (SSSR count). The first-order valence-corrected chi connectivity index (χ1v) is 6.71. The second kappa shape index (κ2) is 6.26. The Morgan fingerprint density at radius 2 is 2.28 bits per heavy atom. The fourth-order valence-corrected chi connectivity index (χ4v) is 2.25. The molecule has 0 bridgehead atoms. The molecule has 1 aliphatic rings. The minimum Gasteiger partial charge on any atom is -0.314 e. The van der Waals surface area contributed by atoms with E-state index in [9.17, 15) is 4.79 Å². The normalized spacial score (nSPS) is 14.6. The molecule has 1 aromatic rings. The largest absolute Gasteiger partial charge is 0.324 e. The van der Waals surface area contributed by atoms with Crippen LogP contribution < -0.4 is 10.6 Å². The summed E-state index contributed by atoms with van der Waals surface area (Å²) in [6.07, 6.45) is 3.51. The lowest BCUT2D eigenvalue weighted by Crippen LogP contribution is -2.34. The molecule has 4 nitrogen and oxygen atoms in total. The van der Waals surface area contributed by atoms with Gasteiger partial charge in [0.15, 0.2) is 5.17 Å². The highest BCUT2D eigenvalue weighted by atomic mass is 32.2. The summed E-state index contributed by atoms with van der Waals surface area (Å²) in [6.45, 7) is 2.81. The standard InChI is InChI=1S/C13H15N3OS/c1-10-4-2-3-5-11(10)6-7-14-12(17)16-13-15-8-9-18-13/h2-7H,8-9H2,1H3,(H2,14,15,16,17)/b7-6+. The summed E-state index contributed by atoms with van der Waals surface area (Å²) >= 11 is 1.56. The fraction of sp³-hybridized carbons (Fsp3) is 0.231. The Kier molecular flexibility index (Phi) is 4.41. The van der Waals surface area contributed by atoms with Crippen molar-refractivity contribution in [2.75, 3.05) is 12.3 Å². The van der Waals surface area contributed by atoms with Gasteiger partial charge in [-0.3, -0.25) is 10.3 Å². The molecule has 0 spiro atoms. The minimum atomic E-state index is -0.256. The van der Waals surface area contributed by atoms with E-state index in [4.69, 9.17) is 0 Å². The lowest BCUT2D eigenvalue weighted by atomic mass is 10.1. The molecule has 2 amide bonds. The summed E-state index contributed by atoms with van der Waals surface area (Å²) in [5.41, 5.74) is 2.26. The predicted octanol–water partition coefficient (Wildman–Crippen LogP) is 2.37. The summed E-state index contributed by atoms with van der Waals surface area (Å²) in [5, 5.41) is 6.04. The number of amides is 2. The Morgan fingerprint density at radius 1 is 1.44 bits per heavy atom. The molecule has 0 radical (unpaired) electrons. The number of rotatable bonds is 2. The highest BCUT2D eigenvalue weighted by molar-refractivity contribution is 8.14. The molecule has 1 aliphatic heterocycles. The third-order valence-electron chi connectivity index (χ3n) is 2.47. The van der Waals surface area contributed by atoms with Crippen molar-refractivity contribution in [3.05, 3.63) is 41.6 Å². The van der Waals surface area contributed by atoms with Gasteiger partial charge in [0, 0.05) is 12.0 Å². The van der Waals surface area contributed by atoms with Gasteiger partial charge >= 0.3 is 6.03 Å². The number of amidine groups is 1. The molecule has 0 unspecified atom stereocenters. The molecule has 1 aromatic carbocycles. The second-order valence-corrected chi connectivity index (χ2v) is 4.91. The number of carbonyl (C=O) groups excluding carboxylic acids is 1. The van der Waals surface area contributed by atoms with E-state index in [1.54, 1.807) is 18.0 Å². The van der Waals surface area contributed by atoms with E-state index in [0.29, 0.717) is 5.17 Å². The zero-order valence-corrected chi connectivity index (χ0v) is 11.0. The van der Waals surface area contributed by atoms with Gasteiger partial charge in [0.05, 0.1) is 6.54 Å². The van der Waals surface area contributed by atoms with Crippen molar-refractivity contribution in [2.24, 2.45) is 4.99 Å². The van der Waals surface area contributed by atoms with Crippen molar-refractivity contribution in [3.63, 3.8) is 0 Å². The number of hydrogen-bond acceptors (Lipinski definition) is 3. The molecule has 0 aromatic heterocycles. The van der Waals surface area contributed by atoms with E-state index < -0.39 is 0 Å². The molecule has 0 saturated carbocycles. The van der Waals surface area contributed by atoms with Crippen molar-refractivity contribution in [2.45, 2.75) is 6.92 Å². The number of carbonyl (C=O) groups is 1. The predicted molar refractivity (Wildman–Crippen MR) is 76.6 cm³/mol. The van der Waals surface area contributed by atoms with E-state index in [-0.39, 0.29) is 6.03 Å². The molecule has 1 heterocycles. The van der Waals surface area contributed by atoms with Crippen molar-refractivity contribution in [1.29, 1.82) is 0 Å². The van der Waals surface area contributed by atoms with Crippen molar-refractivity contribution in [1.82, 2.24) is 10.6 Å². The molecule has 0 atom stereocenters. The van der Waals surface area contributed by atoms with Gasteiger partial charge in [-0.15, -0.1) is 0 Å². The Bertz CT molecular complexity index is 497.